The van der Waals surface area contributed by atoms with Crippen molar-refractivity contribution in [2.45, 2.75) is 24.3 Å². The first-order valence-electron chi connectivity index (χ1n) is 10.7. The number of morpholine rings is 1. The maximum absolute atomic E-state index is 13.6. The molecular formula is C24H29ClN2O3. The van der Waals surface area contributed by atoms with E-state index in [1.165, 1.54) is 0 Å². The Hall–Kier alpha value is -1.92. The monoisotopic (exact) mass is 428 g/mol. The highest BCUT2D eigenvalue weighted by Gasteiger charge is 2.41. The SMILES string of the molecule is O=C(NCC(c1ccc(Cl)cc1)N1CCOCC1)C1(c2ccccc2)CCOCC1. The molecule has 1 N–H and O–H groups in total. The number of halogens is 1. The Morgan fingerprint density at radius 3 is 2.27 bits per heavy atom. The van der Waals surface area contributed by atoms with Crippen molar-refractivity contribution in [2.75, 3.05) is 46.1 Å². The van der Waals surface area contributed by atoms with E-state index in [0.717, 1.165) is 24.2 Å². The first kappa shape index (κ1) is 21.3. The maximum Gasteiger partial charge on any atom is 0.230 e. The van der Waals surface area contributed by atoms with Gasteiger partial charge in [0.05, 0.1) is 24.7 Å². The summed E-state index contributed by atoms with van der Waals surface area (Å²) in [6.07, 6.45) is 1.40. The zero-order valence-electron chi connectivity index (χ0n) is 17.2. The van der Waals surface area contributed by atoms with Gasteiger partial charge < -0.3 is 14.8 Å². The second-order valence-corrected chi connectivity index (χ2v) is 8.42. The summed E-state index contributed by atoms with van der Waals surface area (Å²) in [7, 11) is 0. The van der Waals surface area contributed by atoms with Crippen molar-refractivity contribution in [1.29, 1.82) is 0 Å². The van der Waals surface area contributed by atoms with E-state index in [2.05, 4.69) is 34.5 Å². The Bertz CT molecular complexity index is 816. The van der Waals surface area contributed by atoms with Crippen molar-refractivity contribution in [1.82, 2.24) is 10.2 Å². The molecule has 0 radical (unpaired) electrons. The molecule has 2 aliphatic heterocycles. The number of carbonyl (C=O) groups is 1. The summed E-state index contributed by atoms with van der Waals surface area (Å²) in [6, 6.07) is 18.1. The van der Waals surface area contributed by atoms with Crippen LogP contribution in [0.3, 0.4) is 0 Å². The van der Waals surface area contributed by atoms with Gasteiger partial charge in [0.1, 0.15) is 0 Å². The van der Waals surface area contributed by atoms with Gasteiger partial charge in [-0.3, -0.25) is 9.69 Å². The van der Waals surface area contributed by atoms with Gasteiger partial charge in [0.2, 0.25) is 5.91 Å². The summed E-state index contributed by atoms with van der Waals surface area (Å²) in [5, 5.41) is 4.01. The van der Waals surface area contributed by atoms with Gasteiger partial charge in [-0.1, -0.05) is 54.1 Å². The largest absolute Gasteiger partial charge is 0.381 e. The third-order valence-electron chi connectivity index (χ3n) is 6.30. The normalized spacial score (nSPS) is 20.4. The molecule has 0 spiro atoms. The molecule has 1 unspecified atom stereocenters. The maximum atomic E-state index is 13.6. The predicted molar refractivity (Wildman–Crippen MR) is 118 cm³/mol. The fourth-order valence-corrected chi connectivity index (χ4v) is 4.64. The molecule has 0 saturated carbocycles. The summed E-state index contributed by atoms with van der Waals surface area (Å²) >= 11 is 6.10. The Labute approximate surface area is 183 Å². The van der Waals surface area contributed by atoms with Crippen molar-refractivity contribution in [3.63, 3.8) is 0 Å². The van der Waals surface area contributed by atoms with Crippen LogP contribution in [-0.2, 0) is 19.7 Å². The average Bonchev–Trinajstić information content (AvgIpc) is 2.82. The first-order valence-corrected chi connectivity index (χ1v) is 11.1. The minimum absolute atomic E-state index is 0.0859. The van der Waals surface area contributed by atoms with Crippen molar-refractivity contribution < 1.29 is 14.3 Å². The highest BCUT2D eigenvalue weighted by molar-refractivity contribution is 6.30. The quantitative estimate of drug-likeness (QED) is 0.764. The molecule has 1 atom stereocenters. The minimum atomic E-state index is -0.533. The molecule has 2 saturated heterocycles. The van der Waals surface area contributed by atoms with E-state index in [4.69, 9.17) is 21.1 Å². The second kappa shape index (κ2) is 9.92. The van der Waals surface area contributed by atoms with Crippen LogP contribution in [-0.4, -0.2) is 56.9 Å². The van der Waals surface area contributed by atoms with Crippen LogP contribution in [0.25, 0.3) is 0 Å². The number of nitrogens with zero attached hydrogens (tertiary/aromatic N) is 1. The van der Waals surface area contributed by atoms with Gasteiger partial charge in [0, 0.05) is 37.9 Å². The molecule has 0 aromatic heterocycles. The molecule has 2 aliphatic rings. The predicted octanol–water partition coefficient (Wildman–Crippen LogP) is 3.58. The van der Waals surface area contributed by atoms with E-state index in [0.29, 0.717) is 50.8 Å². The van der Waals surface area contributed by atoms with E-state index < -0.39 is 5.41 Å². The summed E-state index contributed by atoms with van der Waals surface area (Å²) in [5.41, 5.74) is 1.69. The second-order valence-electron chi connectivity index (χ2n) is 7.99. The van der Waals surface area contributed by atoms with E-state index in [1.54, 1.807) is 0 Å². The molecule has 0 aliphatic carbocycles. The third-order valence-corrected chi connectivity index (χ3v) is 6.56. The molecule has 2 fully saturated rings. The van der Waals surface area contributed by atoms with E-state index >= 15 is 0 Å². The number of ether oxygens (including phenoxy) is 2. The smallest absolute Gasteiger partial charge is 0.230 e. The van der Waals surface area contributed by atoms with Crippen LogP contribution in [0, 0.1) is 0 Å². The van der Waals surface area contributed by atoms with Gasteiger partial charge in [0.25, 0.3) is 0 Å². The fourth-order valence-electron chi connectivity index (χ4n) is 4.51. The number of rotatable bonds is 6. The number of hydrogen-bond donors (Lipinski definition) is 1. The Kier molecular flexibility index (Phi) is 7.05. The lowest BCUT2D eigenvalue weighted by Gasteiger charge is -2.38. The molecule has 5 nitrogen and oxygen atoms in total. The Morgan fingerprint density at radius 1 is 0.967 bits per heavy atom. The zero-order chi connectivity index (χ0) is 20.8. The average molecular weight is 429 g/mol. The van der Waals surface area contributed by atoms with Crippen molar-refractivity contribution in [3.05, 3.63) is 70.7 Å². The first-order chi connectivity index (χ1) is 14.7. The van der Waals surface area contributed by atoms with Crippen molar-refractivity contribution in [3.8, 4) is 0 Å². The van der Waals surface area contributed by atoms with Crippen LogP contribution in [0.5, 0.6) is 0 Å². The third kappa shape index (κ3) is 4.70. The van der Waals surface area contributed by atoms with Crippen LogP contribution < -0.4 is 5.32 Å². The van der Waals surface area contributed by atoms with E-state index in [9.17, 15) is 4.79 Å². The van der Waals surface area contributed by atoms with Gasteiger partial charge in [-0.15, -0.1) is 0 Å². The molecule has 1 amide bonds. The molecule has 30 heavy (non-hydrogen) atoms. The molecule has 160 valence electrons. The molecular weight excluding hydrogens is 400 g/mol. The number of amides is 1. The Morgan fingerprint density at radius 2 is 1.60 bits per heavy atom. The standard InChI is InChI=1S/C24H29ClN2O3/c25-21-8-6-19(7-9-21)22(27-12-16-30-17-13-27)18-26-23(28)24(10-14-29-15-11-24)20-4-2-1-3-5-20/h1-9,22H,10-18H2,(H,26,28). The highest BCUT2D eigenvalue weighted by Crippen LogP contribution is 2.35. The van der Waals surface area contributed by atoms with Crippen molar-refractivity contribution >= 4 is 17.5 Å². The van der Waals surface area contributed by atoms with Crippen LogP contribution in [0.15, 0.2) is 54.6 Å². The number of nitrogens with one attached hydrogen (secondary N) is 1. The molecule has 2 aromatic carbocycles. The van der Waals surface area contributed by atoms with Gasteiger partial charge in [-0.25, -0.2) is 0 Å². The van der Waals surface area contributed by atoms with Crippen molar-refractivity contribution in [2.24, 2.45) is 0 Å². The molecule has 6 heteroatoms. The summed E-state index contributed by atoms with van der Waals surface area (Å²) in [6.45, 7) is 4.88. The van der Waals surface area contributed by atoms with E-state index in [1.807, 2.05) is 30.3 Å². The topological polar surface area (TPSA) is 50.8 Å². The minimum Gasteiger partial charge on any atom is -0.381 e. The lowest BCUT2D eigenvalue weighted by molar-refractivity contribution is -0.130. The highest BCUT2D eigenvalue weighted by atomic mass is 35.5. The lowest BCUT2D eigenvalue weighted by Crippen LogP contribution is -2.51. The molecule has 0 bridgehead atoms. The number of benzene rings is 2. The molecule has 2 heterocycles. The number of hydrogen-bond acceptors (Lipinski definition) is 4. The molecule has 4 rings (SSSR count). The van der Waals surface area contributed by atoms with Crippen LogP contribution in [0.4, 0.5) is 0 Å². The lowest BCUT2D eigenvalue weighted by atomic mass is 9.73. The van der Waals surface area contributed by atoms with Gasteiger partial charge >= 0.3 is 0 Å². The van der Waals surface area contributed by atoms with E-state index in [-0.39, 0.29) is 11.9 Å². The zero-order valence-corrected chi connectivity index (χ0v) is 17.9. The summed E-state index contributed by atoms with van der Waals surface area (Å²) in [4.78, 5) is 15.9. The van der Waals surface area contributed by atoms with Gasteiger partial charge in [0.15, 0.2) is 0 Å². The summed E-state index contributed by atoms with van der Waals surface area (Å²) in [5.74, 6) is 0.0872. The molecule has 2 aromatic rings. The van der Waals surface area contributed by atoms with Gasteiger partial charge in [-0.05, 0) is 36.1 Å². The van der Waals surface area contributed by atoms with Crippen LogP contribution in [0.1, 0.15) is 30.0 Å². The van der Waals surface area contributed by atoms with Crippen LogP contribution in [0.2, 0.25) is 5.02 Å². The Balaban J connectivity index is 1.54. The summed E-state index contributed by atoms with van der Waals surface area (Å²) < 4.78 is 11.1. The fraction of sp³-hybridized carbons (Fsp3) is 0.458. The number of carbonyl (C=O) groups excluding carboxylic acids is 1. The van der Waals surface area contributed by atoms with Gasteiger partial charge in [-0.2, -0.15) is 0 Å². The van der Waals surface area contributed by atoms with Crippen LogP contribution >= 0.6 is 11.6 Å².